The second kappa shape index (κ2) is 12.7. The molecule has 5 nitrogen and oxygen atoms in total. The van der Waals surface area contributed by atoms with Gasteiger partial charge in [-0.15, -0.1) is 24.0 Å². The third-order valence-electron chi connectivity index (χ3n) is 3.69. The lowest BCUT2D eigenvalue weighted by molar-refractivity contribution is 0.0191. The van der Waals surface area contributed by atoms with Crippen LogP contribution in [0.3, 0.4) is 0 Å². The number of thioether (sulfide) groups is 1. The molecule has 130 valence electrons. The van der Waals surface area contributed by atoms with E-state index in [0.717, 1.165) is 38.6 Å². The van der Waals surface area contributed by atoms with Gasteiger partial charge >= 0.3 is 0 Å². The third-order valence-corrected chi connectivity index (χ3v) is 5.07. The molecule has 2 aliphatic heterocycles. The zero-order valence-electron chi connectivity index (χ0n) is 13.5. The number of halogens is 1. The molecule has 0 aromatic heterocycles. The predicted octanol–water partition coefficient (Wildman–Crippen LogP) is 2.25. The molecule has 0 spiro atoms. The Balaban J connectivity index is 0.00000242. The van der Waals surface area contributed by atoms with E-state index in [1.807, 2.05) is 11.8 Å². The zero-order valence-corrected chi connectivity index (χ0v) is 16.7. The minimum absolute atomic E-state index is 0. The molecule has 2 unspecified atom stereocenters. The van der Waals surface area contributed by atoms with Crippen molar-refractivity contribution in [1.29, 1.82) is 0 Å². The Kier molecular flexibility index (Phi) is 11.7. The molecule has 0 aromatic rings. The van der Waals surface area contributed by atoms with Gasteiger partial charge < -0.3 is 20.1 Å². The Morgan fingerprint density at radius 1 is 1.32 bits per heavy atom. The van der Waals surface area contributed by atoms with Crippen molar-refractivity contribution in [3.05, 3.63) is 0 Å². The highest BCUT2D eigenvalue weighted by Gasteiger charge is 2.16. The van der Waals surface area contributed by atoms with Gasteiger partial charge in [0, 0.05) is 24.9 Å². The maximum atomic E-state index is 5.65. The van der Waals surface area contributed by atoms with Gasteiger partial charge in [-0.05, 0) is 38.4 Å². The summed E-state index contributed by atoms with van der Waals surface area (Å²) in [5, 5.41) is 7.33. The van der Waals surface area contributed by atoms with Crippen molar-refractivity contribution < 1.29 is 9.47 Å². The Labute approximate surface area is 155 Å². The molecule has 2 fully saturated rings. The van der Waals surface area contributed by atoms with E-state index in [9.17, 15) is 0 Å². The summed E-state index contributed by atoms with van der Waals surface area (Å²) >= 11 is 2.05. The van der Waals surface area contributed by atoms with Gasteiger partial charge in [0.05, 0.1) is 25.9 Å². The van der Waals surface area contributed by atoms with Crippen molar-refractivity contribution in [2.75, 3.05) is 45.2 Å². The van der Waals surface area contributed by atoms with E-state index < -0.39 is 0 Å². The van der Waals surface area contributed by atoms with Gasteiger partial charge in [0.15, 0.2) is 5.96 Å². The molecule has 0 aliphatic carbocycles. The summed E-state index contributed by atoms with van der Waals surface area (Å²) in [6.45, 7) is 6.99. The Morgan fingerprint density at radius 2 is 2.23 bits per heavy atom. The van der Waals surface area contributed by atoms with Crippen LogP contribution < -0.4 is 10.6 Å². The minimum atomic E-state index is 0. The topological polar surface area (TPSA) is 54.9 Å². The number of rotatable bonds is 8. The smallest absolute Gasteiger partial charge is 0.191 e. The van der Waals surface area contributed by atoms with Crippen LogP contribution in [-0.2, 0) is 9.47 Å². The van der Waals surface area contributed by atoms with Crippen molar-refractivity contribution in [2.45, 2.75) is 44.0 Å². The van der Waals surface area contributed by atoms with Crippen LogP contribution in [0.25, 0.3) is 0 Å². The van der Waals surface area contributed by atoms with Gasteiger partial charge in [-0.25, -0.2) is 0 Å². The summed E-state index contributed by atoms with van der Waals surface area (Å²) in [4.78, 5) is 4.66. The van der Waals surface area contributed by atoms with E-state index in [4.69, 9.17) is 9.47 Å². The summed E-state index contributed by atoms with van der Waals surface area (Å²) in [7, 11) is 0. The zero-order chi connectivity index (χ0) is 14.8. The van der Waals surface area contributed by atoms with E-state index >= 15 is 0 Å². The van der Waals surface area contributed by atoms with E-state index in [-0.39, 0.29) is 24.0 Å². The van der Waals surface area contributed by atoms with Crippen molar-refractivity contribution in [3.63, 3.8) is 0 Å². The van der Waals surface area contributed by atoms with Gasteiger partial charge in [0.2, 0.25) is 0 Å². The van der Waals surface area contributed by atoms with Gasteiger partial charge in [0.25, 0.3) is 0 Å². The molecular weight excluding hydrogens is 413 g/mol. The van der Waals surface area contributed by atoms with E-state index in [0.29, 0.717) is 24.6 Å². The highest BCUT2D eigenvalue weighted by Crippen LogP contribution is 2.25. The summed E-state index contributed by atoms with van der Waals surface area (Å²) in [6, 6.07) is 0. The molecule has 7 heteroatoms. The monoisotopic (exact) mass is 443 g/mol. The number of nitrogens with zero attached hydrogens (tertiary/aromatic N) is 1. The summed E-state index contributed by atoms with van der Waals surface area (Å²) < 4.78 is 11.2. The van der Waals surface area contributed by atoms with Crippen LogP contribution in [0.4, 0.5) is 0 Å². The number of guanidine groups is 1. The fourth-order valence-electron chi connectivity index (χ4n) is 2.56. The maximum Gasteiger partial charge on any atom is 0.191 e. The molecule has 2 saturated heterocycles. The lowest BCUT2D eigenvalue weighted by Gasteiger charge is -2.14. The molecular formula is C15H30IN3O2S. The highest BCUT2D eigenvalue weighted by molar-refractivity contribution is 14.0. The molecule has 2 heterocycles. The van der Waals surface area contributed by atoms with Gasteiger partial charge in [-0.3, -0.25) is 4.99 Å². The first kappa shape index (κ1) is 20.3. The highest BCUT2D eigenvalue weighted by atomic mass is 127. The second-order valence-electron chi connectivity index (χ2n) is 5.49. The van der Waals surface area contributed by atoms with Crippen LogP contribution in [-0.4, -0.2) is 62.5 Å². The molecule has 0 saturated carbocycles. The van der Waals surface area contributed by atoms with Crippen LogP contribution in [0.1, 0.15) is 32.6 Å². The normalized spacial score (nSPS) is 25.0. The predicted molar refractivity (Wildman–Crippen MR) is 105 cm³/mol. The first-order valence-corrected chi connectivity index (χ1v) is 9.26. The molecule has 0 radical (unpaired) electrons. The first-order chi connectivity index (χ1) is 10.4. The maximum absolute atomic E-state index is 5.65. The lowest BCUT2D eigenvalue weighted by atomic mass is 10.2. The molecule has 22 heavy (non-hydrogen) atoms. The largest absolute Gasteiger partial charge is 0.377 e. The van der Waals surface area contributed by atoms with Crippen LogP contribution >= 0.6 is 35.7 Å². The Bertz CT molecular complexity index is 309. The fourth-order valence-corrected chi connectivity index (χ4v) is 3.74. The van der Waals surface area contributed by atoms with Gasteiger partial charge in [-0.1, -0.05) is 0 Å². The van der Waals surface area contributed by atoms with Gasteiger partial charge in [0.1, 0.15) is 0 Å². The summed E-state index contributed by atoms with van der Waals surface area (Å²) in [5.74, 6) is 2.20. The quantitative estimate of drug-likeness (QED) is 0.261. The second-order valence-corrected chi connectivity index (χ2v) is 6.90. The number of nitrogens with one attached hydrogen (secondary N) is 2. The number of hydrogen-bond donors (Lipinski definition) is 2. The molecule has 0 amide bonds. The van der Waals surface area contributed by atoms with E-state index in [2.05, 4.69) is 22.5 Å². The average molecular weight is 443 g/mol. The standard InChI is InChI=1S/C15H29N3O2S.HI/c1-2-16-15(18-11-14-6-4-10-21-14)17-7-9-19-12-13-5-3-8-20-13;/h13-14H,2-12H2,1H3,(H2,16,17,18);1H. The van der Waals surface area contributed by atoms with Crippen LogP contribution in [0, 0.1) is 0 Å². The molecule has 0 bridgehead atoms. The van der Waals surface area contributed by atoms with Crippen LogP contribution in [0.15, 0.2) is 4.99 Å². The van der Waals surface area contributed by atoms with Crippen LogP contribution in [0.2, 0.25) is 0 Å². The third kappa shape index (κ3) is 8.21. The molecule has 2 atom stereocenters. The van der Waals surface area contributed by atoms with Crippen molar-refractivity contribution in [1.82, 2.24) is 10.6 Å². The fraction of sp³-hybridized carbons (Fsp3) is 0.933. The minimum Gasteiger partial charge on any atom is -0.377 e. The molecule has 0 aromatic carbocycles. The van der Waals surface area contributed by atoms with Crippen molar-refractivity contribution in [3.8, 4) is 0 Å². The van der Waals surface area contributed by atoms with Crippen molar-refractivity contribution in [2.24, 2.45) is 4.99 Å². The number of ether oxygens (including phenoxy) is 2. The van der Waals surface area contributed by atoms with E-state index in [1.54, 1.807) is 0 Å². The van der Waals surface area contributed by atoms with Crippen molar-refractivity contribution >= 4 is 41.7 Å². The summed E-state index contributed by atoms with van der Waals surface area (Å²) in [5.41, 5.74) is 0. The number of aliphatic imine (C=N–C) groups is 1. The first-order valence-electron chi connectivity index (χ1n) is 8.21. The SMILES string of the molecule is CCNC(=NCC1CCCS1)NCCOCC1CCCO1.I. The van der Waals surface area contributed by atoms with Gasteiger partial charge in [-0.2, -0.15) is 11.8 Å². The lowest BCUT2D eigenvalue weighted by Crippen LogP contribution is -2.39. The Morgan fingerprint density at radius 3 is 2.91 bits per heavy atom. The number of hydrogen-bond acceptors (Lipinski definition) is 4. The van der Waals surface area contributed by atoms with Crippen LogP contribution in [0.5, 0.6) is 0 Å². The summed E-state index contributed by atoms with van der Waals surface area (Å²) in [6.07, 6.45) is 5.26. The molecule has 2 rings (SSSR count). The van der Waals surface area contributed by atoms with E-state index in [1.165, 1.54) is 25.0 Å². The molecule has 2 aliphatic rings. The molecule has 2 N–H and O–H groups in total. The Hall–Kier alpha value is 0.270. The average Bonchev–Trinajstić information content (AvgIpc) is 3.17.